The lowest BCUT2D eigenvalue weighted by Gasteiger charge is -2.51. The summed E-state index contributed by atoms with van der Waals surface area (Å²) in [5.74, 6) is -0.825. The van der Waals surface area contributed by atoms with Crippen LogP contribution in [0.4, 0.5) is 4.79 Å². The van der Waals surface area contributed by atoms with Gasteiger partial charge in [0.1, 0.15) is 30.2 Å². The molecule has 308 valence electrons. The van der Waals surface area contributed by atoms with Crippen LogP contribution in [0.15, 0.2) is 12.2 Å². The molecule has 0 radical (unpaired) electrons. The van der Waals surface area contributed by atoms with Crippen molar-refractivity contribution in [1.29, 1.82) is 0 Å². The Morgan fingerprint density at radius 2 is 1.67 bits per heavy atom. The van der Waals surface area contributed by atoms with Gasteiger partial charge in [-0.25, -0.2) is 4.79 Å². The summed E-state index contributed by atoms with van der Waals surface area (Å²) in [5, 5.41) is 23.2. The molecule has 2 unspecified atom stereocenters. The highest BCUT2D eigenvalue weighted by Gasteiger charge is 2.45. The Bertz CT molecular complexity index is 1320. The Morgan fingerprint density at radius 1 is 1.02 bits per heavy atom. The van der Waals surface area contributed by atoms with Gasteiger partial charge in [0.05, 0.1) is 31.2 Å². The van der Waals surface area contributed by atoms with E-state index in [9.17, 15) is 33.7 Å². The van der Waals surface area contributed by atoms with E-state index >= 15 is 0 Å². The minimum atomic E-state index is -1.12. The molecular formula is C38H66N6O9S. The van der Waals surface area contributed by atoms with Gasteiger partial charge in [-0.2, -0.15) is 5.06 Å². The van der Waals surface area contributed by atoms with Crippen LogP contribution in [0.25, 0.3) is 0 Å². The van der Waals surface area contributed by atoms with Crippen LogP contribution in [0.3, 0.4) is 0 Å². The molecule has 3 rings (SSSR count). The molecule has 3 fully saturated rings. The molecule has 0 aromatic carbocycles. The van der Waals surface area contributed by atoms with Crippen LogP contribution in [0, 0.1) is 17.3 Å². The zero-order valence-corrected chi connectivity index (χ0v) is 34.6. The van der Waals surface area contributed by atoms with Crippen LogP contribution in [0.2, 0.25) is 0 Å². The van der Waals surface area contributed by atoms with E-state index in [1.807, 2.05) is 48.5 Å². The topological polar surface area (TPSA) is 202 Å². The van der Waals surface area contributed by atoms with Crippen molar-refractivity contribution in [3.8, 4) is 0 Å². The number of hydrogen-bond acceptors (Lipinski definition) is 10. The molecular weight excluding hydrogens is 717 g/mol. The van der Waals surface area contributed by atoms with Gasteiger partial charge in [0.2, 0.25) is 23.6 Å². The third-order valence-electron chi connectivity index (χ3n) is 10.2. The van der Waals surface area contributed by atoms with Gasteiger partial charge in [0.15, 0.2) is 0 Å². The standard InChI is InChI=1S/C38H66N6O9S/c1-25(2)18-27(41-35(49)53-16-17-54(51)24-38(9)22-52-23-38)12-10-14-31(46)43-15-11-13-29(43)33(47)42-32(26(3)4)34(48)39-21-30(45)40-28-19-36(5,6)44(50)37(7,8)20-28/h10,12,25-29,32,50H,11,13-24H2,1-9H3,(H,39,48)(H,40,45)(H,41,49)(H,42,47)/b12-10+/t27-,29+,32?,54?/m1/s1. The molecule has 5 N–H and O–H groups in total. The highest BCUT2D eigenvalue weighted by atomic mass is 32.2. The van der Waals surface area contributed by atoms with E-state index in [1.165, 1.54) is 9.96 Å². The lowest BCUT2D eigenvalue weighted by molar-refractivity contribution is -0.246. The van der Waals surface area contributed by atoms with Gasteiger partial charge >= 0.3 is 6.09 Å². The number of rotatable bonds is 18. The van der Waals surface area contributed by atoms with Crippen molar-refractivity contribution >= 4 is 40.9 Å². The van der Waals surface area contributed by atoms with Crippen LogP contribution >= 0.6 is 0 Å². The van der Waals surface area contributed by atoms with E-state index in [2.05, 4.69) is 21.3 Å². The summed E-state index contributed by atoms with van der Waals surface area (Å²) in [4.78, 5) is 66.9. The Kier molecular flexibility index (Phi) is 16.7. The predicted octanol–water partition coefficient (Wildman–Crippen LogP) is 2.63. The smallest absolute Gasteiger partial charge is 0.407 e. The largest absolute Gasteiger partial charge is 0.616 e. The molecule has 4 atom stereocenters. The van der Waals surface area contributed by atoms with Gasteiger partial charge in [0.25, 0.3) is 0 Å². The van der Waals surface area contributed by atoms with Crippen LogP contribution in [0.1, 0.15) is 101 Å². The monoisotopic (exact) mass is 782 g/mol. The van der Waals surface area contributed by atoms with Crippen molar-refractivity contribution in [2.45, 2.75) is 136 Å². The second-order valence-corrected chi connectivity index (χ2v) is 19.1. The van der Waals surface area contributed by atoms with E-state index in [1.54, 1.807) is 26.0 Å². The fourth-order valence-corrected chi connectivity index (χ4v) is 8.97. The molecule has 0 aliphatic carbocycles. The second kappa shape index (κ2) is 19.8. The summed E-state index contributed by atoms with van der Waals surface area (Å²) >= 11 is -1.12. The summed E-state index contributed by atoms with van der Waals surface area (Å²) < 4.78 is 22.9. The van der Waals surface area contributed by atoms with Crippen LogP contribution in [-0.2, 0) is 39.8 Å². The maximum atomic E-state index is 13.5. The quantitative estimate of drug-likeness (QED) is 0.102. The van der Waals surface area contributed by atoms with Gasteiger partial charge in [-0.15, -0.1) is 0 Å². The Labute approximate surface area is 324 Å². The zero-order valence-electron chi connectivity index (χ0n) is 33.8. The van der Waals surface area contributed by atoms with Crippen LogP contribution in [-0.4, -0.2) is 129 Å². The molecule has 5 amide bonds. The van der Waals surface area contributed by atoms with Crippen LogP contribution < -0.4 is 21.3 Å². The number of nitrogens with one attached hydrogen (secondary N) is 4. The van der Waals surface area contributed by atoms with Crippen molar-refractivity contribution in [2.24, 2.45) is 17.3 Å². The van der Waals surface area contributed by atoms with Crippen molar-refractivity contribution in [2.75, 3.05) is 44.4 Å². The summed E-state index contributed by atoms with van der Waals surface area (Å²) in [5.41, 5.74) is -1.17. The van der Waals surface area contributed by atoms with E-state index in [0.717, 1.165) is 0 Å². The molecule has 0 bridgehead atoms. The number of ether oxygens (including phenoxy) is 2. The second-order valence-electron chi connectivity index (χ2n) is 17.5. The molecule has 54 heavy (non-hydrogen) atoms. The number of carbonyl (C=O) groups excluding carboxylic acids is 5. The number of alkyl carbamates (subject to hydrolysis) is 1. The number of nitrogens with zero attached hydrogens (tertiary/aromatic N) is 2. The number of piperidine rings is 1. The van der Waals surface area contributed by atoms with E-state index < -0.39 is 52.2 Å². The molecule has 0 aromatic rings. The first-order valence-corrected chi connectivity index (χ1v) is 20.8. The van der Waals surface area contributed by atoms with Gasteiger partial charge in [0, 0.05) is 30.1 Å². The lowest BCUT2D eigenvalue weighted by Crippen LogP contribution is -2.63. The lowest BCUT2D eigenvalue weighted by atomic mass is 9.79. The molecule has 15 nitrogen and oxygen atoms in total. The van der Waals surface area contributed by atoms with Gasteiger partial charge in [-0.05, 0) is 82.8 Å². The molecule has 3 aliphatic rings. The fraction of sp³-hybridized carbons (Fsp3) is 0.816. The molecule has 16 heteroatoms. The van der Waals surface area contributed by atoms with Crippen LogP contribution in [0.5, 0.6) is 0 Å². The third-order valence-corrected chi connectivity index (χ3v) is 11.8. The number of hydrogen-bond donors (Lipinski definition) is 5. The summed E-state index contributed by atoms with van der Waals surface area (Å²) in [6.45, 7) is 18.6. The average molecular weight is 783 g/mol. The van der Waals surface area contributed by atoms with Crippen molar-refractivity contribution in [3.05, 3.63) is 12.2 Å². The number of carbonyl (C=O) groups is 5. The van der Waals surface area contributed by atoms with E-state index in [-0.39, 0.29) is 66.5 Å². The Hall–Kier alpha value is -2.92. The summed E-state index contributed by atoms with van der Waals surface area (Å²) in [6, 6.07) is -2.23. The molecule has 0 saturated carbocycles. The summed E-state index contributed by atoms with van der Waals surface area (Å²) in [6.07, 6.45) is 5.61. The predicted molar refractivity (Wildman–Crippen MR) is 206 cm³/mol. The average Bonchev–Trinajstić information content (AvgIpc) is 3.54. The number of amides is 5. The van der Waals surface area contributed by atoms with Crippen molar-refractivity contribution in [1.82, 2.24) is 31.2 Å². The normalized spacial score (nSPS) is 22.7. The van der Waals surface area contributed by atoms with Gasteiger partial charge in [-0.3, -0.25) is 19.2 Å². The first kappa shape index (κ1) is 45.5. The molecule has 0 spiro atoms. The van der Waals surface area contributed by atoms with Crippen molar-refractivity contribution in [3.63, 3.8) is 0 Å². The fourth-order valence-electron chi connectivity index (χ4n) is 7.61. The summed E-state index contributed by atoms with van der Waals surface area (Å²) in [7, 11) is 0. The zero-order chi connectivity index (χ0) is 40.4. The van der Waals surface area contributed by atoms with Gasteiger partial charge in [-0.1, -0.05) is 46.8 Å². The Balaban J connectivity index is 1.47. The van der Waals surface area contributed by atoms with Gasteiger partial charge < -0.3 is 45.4 Å². The Morgan fingerprint density at radius 3 is 2.24 bits per heavy atom. The first-order valence-electron chi connectivity index (χ1n) is 19.3. The highest BCUT2D eigenvalue weighted by molar-refractivity contribution is 7.91. The van der Waals surface area contributed by atoms with E-state index in [4.69, 9.17) is 9.47 Å². The third kappa shape index (κ3) is 13.7. The molecule has 3 aliphatic heterocycles. The maximum absolute atomic E-state index is 13.5. The minimum Gasteiger partial charge on any atom is -0.616 e. The SMILES string of the molecule is CC(C)C[C@@H](/C=C/CC(=O)N1CCC[C@H]1C(=O)NC(C(=O)NCC(=O)NC1CC(C)(C)N(O)C(C)(C)C1)C(C)C)NC(=O)OCC[S+]([O-])CC1(C)COC1. The maximum Gasteiger partial charge on any atom is 0.407 e. The minimum absolute atomic E-state index is 0.0193. The van der Waals surface area contributed by atoms with E-state index in [0.29, 0.717) is 57.6 Å². The first-order chi connectivity index (χ1) is 25.1. The number of hydroxylamine groups is 2. The number of likely N-dealkylation sites (tertiary alicyclic amines) is 1. The molecule has 0 aromatic heterocycles. The molecule has 3 saturated heterocycles. The molecule has 3 heterocycles. The highest BCUT2D eigenvalue weighted by Crippen LogP contribution is 2.36. The van der Waals surface area contributed by atoms with Crippen molar-refractivity contribution < 1.29 is 43.2 Å².